The molecule has 1 heterocycles. The van der Waals surface area contributed by atoms with Crippen molar-refractivity contribution in [1.82, 2.24) is 5.32 Å². The molecule has 1 aromatic carbocycles. The van der Waals surface area contributed by atoms with E-state index in [4.69, 9.17) is 4.42 Å². The van der Waals surface area contributed by atoms with Crippen molar-refractivity contribution in [2.45, 2.75) is 26.8 Å². The van der Waals surface area contributed by atoms with Gasteiger partial charge in [-0.2, -0.15) is 0 Å². The topological polar surface area (TPSA) is 71.3 Å². The van der Waals surface area contributed by atoms with Gasteiger partial charge in [0.05, 0.1) is 6.26 Å². The Morgan fingerprint density at radius 2 is 1.96 bits per heavy atom. The number of carbonyl (C=O) groups excluding carboxylic acids is 2. The Balaban J connectivity index is 2.12. The van der Waals surface area contributed by atoms with Crippen LogP contribution < -0.4 is 10.6 Å². The zero-order chi connectivity index (χ0) is 17.0. The standard InChI is InChI=1S/C17H19FN2O3/c1-10(2)15(20-16(21)14-5-4-8-23-14)17(22)19-13-9-12(18)7-6-11(13)3/h4-10,15H,1-3H3,(H,19,22)(H,20,21)/t15-/m0/s1. The molecule has 122 valence electrons. The second-order valence-electron chi connectivity index (χ2n) is 5.62. The number of nitrogens with one attached hydrogen (secondary N) is 2. The molecule has 0 radical (unpaired) electrons. The maximum atomic E-state index is 13.3. The Bertz CT molecular complexity index is 696. The van der Waals surface area contributed by atoms with Crippen molar-refractivity contribution in [2.24, 2.45) is 5.92 Å². The molecule has 1 aromatic heterocycles. The monoisotopic (exact) mass is 318 g/mol. The number of benzene rings is 1. The molecule has 0 unspecified atom stereocenters. The predicted molar refractivity (Wildman–Crippen MR) is 84.6 cm³/mol. The third-order valence-electron chi connectivity index (χ3n) is 3.44. The molecular weight excluding hydrogens is 299 g/mol. The van der Waals surface area contributed by atoms with Gasteiger partial charge in [-0.15, -0.1) is 0 Å². The van der Waals surface area contributed by atoms with E-state index in [0.717, 1.165) is 5.56 Å². The van der Waals surface area contributed by atoms with E-state index >= 15 is 0 Å². The molecule has 1 atom stereocenters. The van der Waals surface area contributed by atoms with Crippen LogP contribution >= 0.6 is 0 Å². The summed E-state index contributed by atoms with van der Waals surface area (Å²) in [4.78, 5) is 24.5. The van der Waals surface area contributed by atoms with Crippen LogP contribution in [0.3, 0.4) is 0 Å². The van der Waals surface area contributed by atoms with E-state index < -0.39 is 23.7 Å². The minimum absolute atomic E-state index is 0.130. The highest BCUT2D eigenvalue weighted by atomic mass is 19.1. The Hall–Kier alpha value is -2.63. The van der Waals surface area contributed by atoms with Crippen LogP contribution in [0.15, 0.2) is 41.0 Å². The minimum atomic E-state index is -0.768. The van der Waals surface area contributed by atoms with Gasteiger partial charge in [-0.1, -0.05) is 19.9 Å². The summed E-state index contributed by atoms with van der Waals surface area (Å²) in [7, 11) is 0. The summed E-state index contributed by atoms with van der Waals surface area (Å²) in [5.74, 6) is -1.34. The predicted octanol–water partition coefficient (Wildman–Crippen LogP) is 3.12. The fraction of sp³-hybridized carbons (Fsp3) is 0.294. The van der Waals surface area contributed by atoms with Crippen molar-refractivity contribution in [3.63, 3.8) is 0 Å². The molecule has 0 aliphatic rings. The Labute approximate surface area is 133 Å². The SMILES string of the molecule is Cc1ccc(F)cc1NC(=O)[C@@H](NC(=O)c1ccco1)C(C)C. The van der Waals surface area contributed by atoms with Crippen LogP contribution in [0.2, 0.25) is 0 Å². The van der Waals surface area contributed by atoms with Crippen LogP contribution in [-0.4, -0.2) is 17.9 Å². The van der Waals surface area contributed by atoms with Crippen molar-refractivity contribution in [3.8, 4) is 0 Å². The number of anilines is 1. The first-order valence-electron chi connectivity index (χ1n) is 7.30. The molecule has 2 N–H and O–H groups in total. The third kappa shape index (κ3) is 4.18. The van der Waals surface area contributed by atoms with E-state index in [1.807, 2.05) is 13.8 Å². The zero-order valence-corrected chi connectivity index (χ0v) is 13.2. The maximum Gasteiger partial charge on any atom is 0.287 e. The molecule has 6 heteroatoms. The van der Waals surface area contributed by atoms with Gasteiger partial charge in [0.25, 0.3) is 5.91 Å². The van der Waals surface area contributed by atoms with Crippen LogP contribution in [0, 0.1) is 18.7 Å². The summed E-state index contributed by atoms with van der Waals surface area (Å²) in [6, 6.07) is 6.49. The normalized spacial score (nSPS) is 12.0. The number of rotatable bonds is 5. The van der Waals surface area contributed by atoms with Crippen LogP contribution in [0.1, 0.15) is 30.0 Å². The number of carbonyl (C=O) groups is 2. The largest absolute Gasteiger partial charge is 0.459 e. The van der Waals surface area contributed by atoms with Gasteiger partial charge in [-0.05, 0) is 42.7 Å². The second-order valence-corrected chi connectivity index (χ2v) is 5.62. The average Bonchev–Trinajstić information content (AvgIpc) is 3.02. The van der Waals surface area contributed by atoms with Crippen molar-refractivity contribution < 1.29 is 18.4 Å². The average molecular weight is 318 g/mol. The van der Waals surface area contributed by atoms with Crippen molar-refractivity contribution in [2.75, 3.05) is 5.32 Å². The number of furan rings is 1. The highest BCUT2D eigenvalue weighted by molar-refractivity contribution is 6.00. The van der Waals surface area contributed by atoms with Crippen molar-refractivity contribution in [1.29, 1.82) is 0 Å². The molecule has 2 rings (SSSR count). The molecule has 0 spiro atoms. The highest BCUT2D eigenvalue weighted by Crippen LogP contribution is 2.17. The lowest BCUT2D eigenvalue weighted by Gasteiger charge is -2.21. The zero-order valence-electron chi connectivity index (χ0n) is 13.2. The van der Waals surface area contributed by atoms with Gasteiger partial charge >= 0.3 is 0 Å². The summed E-state index contributed by atoms with van der Waals surface area (Å²) < 4.78 is 18.3. The maximum absolute atomic E-state index is 13.3. The lowest BCUT2D eigenvalue weighted by molar-refractivity contribution is -0.118. The van der Waals surface area contributed by atoms with Crippen LogP contribution in [0.4, 0.5) is 10.1 Å². The van der Waals surface area contributed by atoms with E-state index in [0.29, 0.717) is 5.69 Å². The fourth-order valence-corrected chi connectivity index (χ4v) is 2.09. The number of halogens is 1. The van der Waals surface area contributed by atoms with E-state index in [-0.39, 0.29) is 11.7 Å². The fourth-order valence-electron chi connectivity index (χ4n) is 2.09. The van der Waals surface area contributed by atoms with E-state index in [1.165, 1.54) is 24.5 Å². The lowest BCUT2D eigenvalue weighted by atomic mass is 10.0. The summed E-state index contributed by atoms with van der Waals surface area (Å²) in [5.41, 5.74) is 1.12. The number of aryl methyl sites for hydroxylation is 1. The van der Waals surface area contributed by atoms with Crippen molar-refractivity contribution >= 4 is 17.5 Å². The summed E-state index contributed by atoms with van der Waals surface area (Å²) in [6.45, 7) is 5.39. The highest BCUT2D eigenvalue weighted by Gasteiger charge is 2.26. The molecule has 0 bridgehead atoms. The van der Waals surface area contributed by atoms with Crippen molar-refractivity contribution in [3.05, 3.63) is 53.7 Å². The van der Waals surface area contributed by atoms with Gasteiger partial charge in [0.2, 0.25) is 5.91 Å². The Morgan fingerprint density at radius 1 is 1.22 bits per heavy atom. The van der Waals surface area contributed by atoms with Gasteiger partial charge in [0, 0.05) is 5.69 Å². The summed E-state index contributed by atoms with van der Waals surface area (Å²) >= 11 is 0. The molecule has 0 saturated heterocycles. The van der Waals surface area contributed by atoms with Gasteiger partial charge in [-0.25, -0.2) is 4.39 Å². The smallest absolute Gasteiger partial charge is 0.287 e. The minimum Gasteiger partial charge on any atom is -0.459 e. The van der Waals surface area contributed by atoms with Gasteiger partial charge in [0.1, 0.15) is 11.9 Å². The number of hydrogen-bond donors (Lipinski definition) is 2. The van der Waals surface area contributed by atoms with Crippen LogP contribution in [-0.2, 0) is 4.79 Å². The molecule has 0 fully saturated rings. The molecule has 5 nitrogen and oxygen atoms in total. The molecular formula is C17H19FN2O3. The molecule has 2 aromatic rings. The van der Waals surface area contributed by atoms with E-state index in [2.05, 4.69) is 10.6 Å². The second kappa shape index (κ2) is 7.09. The first-order chi connectivity index (χ1) is 10.9. The Kier molecular flexibility index (Phi) is 5.16. The summed E-state index contributed by atoms with van der Waals surface area (Å²) in [6.07, 6.45) is 1.38. The summed E-state index contributed by atoms with van der Waals surface area (Å²) in [5, 5.41) is 5.29. The Morgan fingerprint density at radius 3 is 2.57 bits per heavy atom. The molecule has 23 heavy (non-hydrogen) atoms. The molecule has 0 aliphatic heterocycles. The molecule has 0 aliphatic carbocycles. The van der Waals surface area contributed by atoms with E-state index in [1.54, 1.807) is 19.1 Å². The first kappa shape index (κ1) is 16.7. The van der Waals surface area contributed by atoms with E-state index in [9.17, 15) is 14.0 Å². The molecule has 0 saturated carbocycles. The quantitative estimate of drug-likeness (QED) is 0.890. The van der Waals surface area contributed by atoms with Gasteiger partial charge in [0.15, 0.2) is 5.76 Å². The molecule has 2 amide bonds. The lowest BCUT2D eigenvalue weighted by Crippen LogP contribution is -2.47. The third-order valence-corrected chi connectivity index (χ3v) is 3.44. The van der Waals surface area contributed by atoms with Crippen LogP contribution in [0.25, 0.3) is 0 Å². The number of hydrogen-bond acceptors (Lipinski definition) is 3. The van der Waals surface area contributed by atoms with Gasteiger partial charge in [-0.3, -0.25) is 9.59 Å². The van der Waals surface area contributed by atoms with Gasteiger partial charge < -0.3 is 15.1 Å². The first-order valence-corrected chi connectivity index (χ1v) is 7.30. The van der Waals surface area contributed by atoms with Crippen LogP contribution in [0.5, 0.6) is 0 Å². The number of amides is 2.